The van der Waals surface area contributed by atoms with Crippen molar-refractivity contribution in [1.82, 2.24) is 0 Å². The molecule has 2 rings (SSSR count). The monoisotopic (exact) mass is 337 g/mol. The molecule has 0 bridgehead atoms. The van der Waals surface area contributed by atoms with E-state index >= 15 is 0 Å². The van der Waals surface area contributed by atoms with Crippen molar-refractivity contribution in [1.29, 1.82) is 0 Å². The smallest absolute Gasteiger partial charge is 0.310 e. The summed E-state index contributed by atoms with van der Waals surface area (Å²) >= 11 is 3.13. The Kier molecular flexibility index (Phi) is 4.57. The predicted molar refractivity (Wildman–Crippen MR) is 76.7 cm³/mol. The number of esters is 1. The summed E-state index contributed by atoms with van der Waals surface area (Å²) in [6, 6.07) is 9.79. The number of anilines is 1. The van der Waals surface area contributed by atoms with E-state index in [0.717, 1.165) is 0 Å². The molecule has 0 saturated heterocycles. The molecule has 0 fully saturated rings. The van der Waals surface area contributed by atoms with E-state index in [1.807, 2.05) is 0 Å². The van der Waals surface area contributed by atoms with Gasteiger partial charge in [0.15, 0.2) is 10.4 Å². The molecule has 6 heteroatoms. The molecule has 20 heavy (non-hydrogen) atoms. The largest absolute Gasteiger partial charge is 0.444 e. The SMILES string of the molecule is CCC(=O)Oc1cccc(NC(=O)c2ccc(Br)o2)c1. The van der Waals surface area contributed by atoms with Crippen LogP contribution in [0.2, 0.25) is 0 Å². The number of halogens is 1. The van der Waals surface area contributed by atoms with Crippen LogP contribution in [0.15, 0.2) is 45.5 Å². The summed E-state index contributed by atoms with van der Waals surface area (Å²) in [6.07, 6.45) is 0.289. The molecule has 1 aromatic carbocycles. The van der Waals surface area contributed by atoms with Gasteiger partial charge in [-0.25, -0.2) is 0 Å². The van der Waals surface area contributed by atoms with Crippen molar-refractivity contribution in [2.75, 3.05) is 5.32 Å². The Labute approximate surface area is 124 Å². The second-order valence-corrected chi connectivity index (χ2v) is 4.69. The number of hydrogen-bond acceptors (Lipinski definition) is 4. The zero-order chi connectivity index (χ0) is 14.5. The van der Waals surface area contributed by atoms with Crippen LogP contribution in [0, 0.1) is 0 Å². The van der Waals surface area contributed by atoms with Gasteiger partial charge in [-0.1, -0.05) is 13.0 Å². The lowest BCUT2D eigenvalue weighted by molar-refractivity contribution is -0.134. The van der Waals surface area contributed by atoms with Crippen LogP contribution >= 0.6 is 15.9 Å². The molecule has 1 N–H and O–H groups in total. The van der Waals surface area contributed by atoms with Crippen molar-refractivity contribution >= 4 is 33.5 Å². The Bertz CT molecular complexity index is 636. The third-order valence-corrected chi connectivity index (χ3v) is 2.84. The summed E-state index contributed by atoms with van der Waals surface area (Å²) in [6.45, 7) is 1.71. The summed E-state index contributed by atoms with van der Waals surface area (Å²) in [5.41, 5.74) is 0.518. The molecule has 0 aliphatic heterocycles. The van der Waals surface area contributed by atoms with Crippen LogP contribution in [0.5, 0.6) is 5.75 Å². The Balaban J connectivity index is 2.08. The highest BCUT2D eigenvalue weighted by atomic mass is 79.9. The van der Waals surface area contributed by atoms with Gasteiger partial charge in [-0.3, -0.25) is 9.59 Å². The van der Waals surface area contributed by atoms with Crippen molar-refractivity contribution in [3.05, 3.63) is 46.8 Å². The van der Waals surface area contributed by atoms with Gasteiger partial charge in [0.1, 0.15) is 5.75 Å². The fraction of sp³-hybridized carbons (Fsp3) is 0.143. The molecular weight excluding hydrogens is 326 g/mol. The van der Waals surface area contributed by atoms with Crippen molar-refractivity contribution in [3.8, 4) is 5.75 Å². The molecule has 104 valence electrons. The van der Waals surface area contributed by atoms with Gasteiger partial charge < -0.3 is 14.5 Å². The predicted octanol–water partition coefficient (Wildman–Crippen LogP) is 3.61. The highest BCUT2D eigenvalue weighted by Gasteiger charge is 2.11. The molecule has 0 aliphatic carbocycles. The lowest BCUT2D eigenvalue weighted by atomic mass is 10.3. The van der Waals surface area contributed by atoms with Gasteiger partial charge in [0, 0.05) is 18.2 Å². The number of hydrogen-bond donors (Lipinski definition) is 1. The third-order valence-electron chi connectivity index (χ3n) is 2.41. The maximum atomic E-state index is 11.9. The minimum absolute atomic E-state index is 0.188. The van der Waals surface area contributed by atoms with Crippen LogP contribution in [-0.4, -0.2) is 11.9 Å². The van der Waals surface area contributed by atoms with Crippen LogP contribution in [0.1, 0.15) is 23.9 Å². The van der Waals surface area contributed by atoms with Gasteiger partial charge in [-0.15, -0.1) is 0 Å². The molecular formula is C14H12BrNO4. The molecule has 0 atom stereocenters. The molecule has 0 saturated carbocycles. The van der Waals surface area contributed by atoms with E-state index in [1.165, 1.54) is 0 Å². The van der Waals surface area contributed by atoms with Crippen LogP contribution in [-0.2, 0) is 4.79 Å². The number of furan rings is 1. The molecule has 1 heterocycles. The lowest BCUT2D eigenvalue weighted by Crippen LogP contribution is -2.11. The molecule has 5 nitrogen and oxygen atoms in total. The Morgan fingerprint density at radius 1 is 1.30 bits per heavy atom. The van der Waals surface area contributed by atoms with E-state index < -0.39 is 0 Å². The Morgan fingerprint density at radius 2 is 2.10 bits per heavy atom. The van der Waals surface area contributed by atoms with Gasteiger partial charge in [0.2, 0.25) is 0 Å². The van der Waals surface area contributed by atoms with Crippen LogP contribution in [0.4, 0.5) is 5.69 Å². The molecule has 1 amide bonds. The average Bonchev–Trinajstić information content (AvgIpc) is 2.86. The minimum atomic E-state index is -0.380. The second kappa shape index (κ2) is 6.38. The van der Waals surface area contributed by atoms with Gasteiger partial charge in [-0.05, 0) is 40.2 Å². The molecule has 1 aromatic heterocycles. The second-order valence-electron chi connectivity index (χ2n) is 3.91. The average molecular weight is 338 g/mol. The van der Waals surface area contributed by atoms with Crippen molar-refractivity contribution in [3.63, 3.8) is 0 Å². The van der Waals surface area contributed by atoms with E-state index in [1.54, 1.807) is 43.3 Å². The molecule has 0 unspecified atom stereocenters. The maximum absolute atomic E-state index is 11.9. The fourth-order valence-electron chi connectivity index (χ4n) is 1.47. The number of nitrogens with one attached hydrogen (secondary N) is 1. The van der Waals surface area contributed by atoms with E-state index in [4.69, 9.17) is 9.15 Å². The summed E-state index contributed by atoms with van der Waals surface area (Å²) in [5, 5.41) is 2.66. The van der Waals surface area contributed by atoms with Crippen molar-refractivity contribution in [2.45, 2.75) is 13.3 Å². The van der Waals surface area contributed by atoms with Crippen LogP contribution in [0.25, 0.3) is 0 Å². The summed E-state index contributed by atoms with van der Waals surface area (Å²) in [5.74, 6) is -0.138. The first-order valence-electron chi connectivity index (χ1n) is 5.96. The van der Waals surface area contributed by atoms with Gasteiger partial charge >= 0.3 is 5.97 Å². The standard InChI is InChI=1S/C14H12BrNO4/c1-2-13(17)19-10-5-3-4-9(8-10)16-14(18)11-6-7-12(15)20-11/h3-8H,2H2,1H3,(H,16,18). The quantitative estimate of drug-likeness (QED) is 0.683. The number of benzene rings is 1. The fourth-order valence-corrected chi connectivity index (χ4v) is 1.78. The maximum Gasteiger partial charge on any atom is 0.310 e. The van der Waals surface area contributed by atoms with E-state index in [0.29, 0.717) is 16.1 Å². The number of amides is 1. The molecule has 2 aromatic rings. The molecule has 0 aliphatic rings. The summed E-state index contributed by atoms with van der Waals surface area (Å²) in [7, 11) is 0. The Hall–Kier alpha value is -2.08. The zero-order valence-corrected chi connectivity index (χ0v) is 12.3. The first kappa shape index (κ1) is 14.3. The number of carbonyl (C=O) groups excluding carboxylic acids is 2. The first-order valence-corrected chi connectivity index (χ1v) is 6.75. The van der Waals surface area contributed by atoms with Crippen LogP contribution in [0.3, 0.4) is 0 Å². The number of ether oxygens (including phenoxy) is 1. The third kappa shape index (κ3) is 3.71. The van der Waals surface area contributed by atoms with E-state index in [9.17, 15) is 9.59 Å². The van der Waals surface area contributed by atoms with Gasteiger partial charge in [0.05, 0.1) is 0 Å². The zero-order valence-electron chi connectivity index (χ0n) is 10.7. The van der Waals surface area contributed by atoms with Gasteiger partial charge in [0.25, 0.3) is 5.91 Å². The highest BCUT2D eigenvalue weighted by Crippen LogP contribution is 2.20. The van der Waals surface area contributed by atoms with Gasteiger partial charge in [-0.2, -0.15) is 0 Å². The normalized spacial score (nSPS) is 10.1. The van der Waals surface area contributed by atoms with E-state index in [2.05, 4.69) is 21.2 Å². The summed E-state index contributed by atoms with van der Waals surface area (Å²) in [4.78, 5) is 23.1. The lowest BCUT2D eigenvalue weighted by Gasteiger charge is -2.06. The first-order chi connectivity index (χ1) is 9.58. The van der Waals surface area contributed by atoms with Crippen molar-refractivity contribution in [2.24, 2.45) is 0 Å². The number of carbonyl (C=O) groups is 2. The highest BCUT2D eigenvalue weighted by molar-refractivity contribution is 9.10. The summed E-state index contributed by atoms with van der Waals surface area (Å²) < 4.78 is 10.7. The van der Waals surface area contributed by atoms with Crippen LogP contribution < -0.4 is 10.1 Å². The molecule has 0 radical (unpaired) electrons. The topological polar surface area (TPSA) is 68.5 Å². The van der Waals surface area contributed by atoms with Crippen molar-refractivity contribution < 1.29 is 18.7 Å². The number of rotatable bonds is 4. The molecule has 0 spiro atoms. The van der Waals surface area contributed by atoms with E-state index in [-0.39, 0.29) is 24.1 Å². The minimum Gasteiger partial charge on any atom is -0.444 e. The Morgan fingerprint density at radius 3 is 2.75 bits per heavy atom.